The zero-order valence-corrected chi connectivity index (χ0v) is 16.0. The highest BCUT2D eigenvalue weighted by molar-refractivity contribution is 5.80. The van der Waals surface area contributed by atoms with Gasteiger partial charge in [0.15, 0.2) is 5.96 Å². The predicted octanol–water partition coefficient (Wildman–Crippen LogP) is 3.06. The Morgan fingerprint density at radius 2 is 2.24 bits per heavy atom. The molecule has 2 N–H and O–H groups in total. The van der Waals surface area contributed by atoms with Gasteiger partial charge in [0.25, 0.3) is 0 Å². The number of nitrogens with zero attached hydrogens (tertiary/aromatic N) is 2. The van der Waals surface area contributed by atoms with E-state index in [1.165, 1.54) is 12.8 Å². The van der Waals surface area contributed by atoms with Gasteiger partial charge in [0.2, 0.25) is 0 Å². The van der Waals surface area contributed by atoms with Crippen molar-refractivity contribution in [3.63, 3.8) is 0 Å². The van der Waals surface area contributed by atoms with Crippen molar-refractivity contribution in [1.29, 1.82) is 0 Å². The molecule has 5 heteroatoms. The average molecular weight is 348 g/mol. The molecule has 0 saturated carbocycles. The molecule has 0 amide bonds. The molecule has 25 heavy (non-hydrogen) atoms. The van der Waals surface area contributed by atoms with Gasteiger partial charge in [-0.15, -0.1) is 0 Å². The van der Waals surface area contributed by atoms with E-state index < -0.39 is 6.10 Å². The Balaban J connectivity index is 1.99. The maximum atomic E-state index is 10.5. The van der Waals surface area contributed by atoms with Crippen LogP contribution in [0.3, 0.4) is 0 Å². The first-order chi connectivity index (χ1) is 12.0. The molecule has 2 atom stereocenters. The van der Waals surface area contributed by atoms with Crippen molar-refractivity contribution in [2.45, 2.75) is 39.7 Å². The summed E-state index contributed by atoms with van der Waals surface area (Å²) >= 11 is 0. The molecule has 5 nitrogen and oxygen atoms in total. The molecule has 1 aliphatic heterocycles. The summed E-state index contributed by atoms with van der Waals surface area (Å²) in [6, 6.07) is 7.54. The number of hydrogen-bond acceptors (Lipinski definition) is 3. The fourth-order valence-corrected chi connectivity index (χ4v) is 3.44. The Hall–Kier alpha value is -1.75. The van der Waals surface area contributed by atoms with Crippen molar-refractivity contribution < 1.29 is 9.84 Å². The fourth-order valence-electron chi connectivity index (χ4n) is 3.44. The van der Waals surface area contributed by atoms with E-state index in [-0.39, 0.29) is 0 Å². The Kier molecular flexibility index (Phi) is 7.56. The minimum absolute atomic E-state index is 0.348. The minimum atomic E-state index is -0.627. The van der Waals surface area contributed by atoms with Crippen molar-refractivity contribution >= 4 is 5.96 Å². The topological polar surface area (TPSA) is 57.1 Å². The number of benzene rings is 1. The Bertz CT molecular complexity index is 560. The van der Waals surface area contributed by atoms with E-state index in [9.17, 15) is 5.11 Å². The summed E-state index contributed by atoms with van der Waals surface area (Å²) in [7, 11) is 1.63. The quantitative estimate of drug-likeness (QED) is 0.588. The van der Waals surface area contributed by atoms with Crippen LogP contribution >= 0.6 is 0 Å². The number of likely N-dealkylation sites (tertiary alicyclic amines) is 1. The van der Waals surface area contributed by atoms with Gasteiger partial charge in [-0.2, -0.15) is 0 Å². The van der Waals surface area contributed by atoms with E-state index in [1.54, 1.807) is 7.11 Å². The van der Waals surface area contributed by atoms with E-state index in [1.807, 2.05) is 24.3 Å². The minimum Gasteiger partial charge on any atom is -0.497 e. The van der Waals surface area contributed by atoms with Gasteiger partial charge in [-0.1, -0.05) is 26.0 Å². The molecule has 1 aromatic rings. The van der Waals surface area contributed by atoms with Crippen LogP contribution in [0.15, 0.2) is 29.3 Å². The molecule has 0 aliphatic carbocycles. The third kappa shape index (κ3) is 5.92. The molecule has 1 aromatic carbocycles. The molecule has 1 fully saturated rings. The summed E-state index contributed by atoms with van der Waals surface area (Å²) in [5.41, 5.74) is 0.832. The zero-order valence-electron chi connectivity index (χ0n) is 16.0. The normalized spacial score (nSPS) is 19.4. The summed E-state index contributed by atoms with van der Waals surface area (Å²) in [5, 5.41) is 13.8. The lowest BCUT2D eigenvalue weighted by Crippen LogP contribution is -2.40. The fraction of sp³-hybridized carbons (Fsp3) is 0.650. The van der Waals surface area contributed by atoms with Crippen molar-refractivity contribution in [2.24, 2.45) is 16.8 Å². The lowest BCUT2D eigenvalue weighted by atomic mass is 9.97. The van der Waals surface area contributed by atoms with Crippen molar-refractivity contribution in [2.75, 3.05) is 33.3 Å². The highest BCUT2D eigenvalue weighted by Gasteiger charge is 2.25. The maximum absolute atomic E-state index is 10.5. The SMILES string of the molecule is CCNC(=NCC(O)c1cccc(OC)c1)N1CCC(CC(C)C)C1. The van der Waals surface area contributed by atoms with Gasteiger partial charge in [-0.3, -0.25) is 4.99 Å². The largest absolute Gasteiger partial charge is 0.497 e. The van der Waals surface area contributed by atoms with E-state index in [4.69, 9.17) is 4.74 Å². The Morgan fingerprint density at radius 1 is 1.44 bits per heavy atom. The van der Waals surface area contributed by atoms with Gasteiger partial charge in [0.1, 0.15) is 5.75 Å². The predicted molar refractivity (Wildman–Crippen MR) is 103 cm³/mol. The number of methoxy groups -OCH3 is 1. The van der Waals surface area contributed by atoms with Crippen molar-refractivity contribution in [3.05, 3.63) is 29.8 Å². The number of aliphatic hydroxyl groups excluding tert-OH is 1. The van der Waals surface area contributed by atoms with Gasteiger partial charge in [0.05, 0.1) is 19.8 Å². The summed E-state index contributed by atoms with van der Waals surface area (Å²) in [6.45, 7) is 9.92. The van der Waals surface area contributed by atoms with Crippen molar-refractivity contribution in [1.82, 2.24) is 10.2 Å². The van der Waals surface area contributed by atoms with Gasteiger partial charge in [-0.05, 0) is 49.3 Å². The van der Waals surface area contributed by atoms with Crippen LogP contribution in [-0.4, -0.2) is 49.3 Å². The Morgan fingerprint density at radius 3 is 2.92 bits per heavy atom. The lowest BCUT2D eigenvalue weighted by Gasteiger charge is -2.22. The van der Waals surface area contributed by atoms with Gasteiger partial charge >= 0.3 is 0 Å². The van der Waals surface area contributed by atoms with Gasteiger partial charge in [-0.25, -0.2) is 0 Å². The first kappa shape index (κ1) is 19.6. The molecule has 0 radical (unpaired) electrons. The van der Waals surface area contributed by atoms with E-state index in [0.717, 1.165) is 48.7 Å². The highest BCUT2D eigenvalue weighted by atomic mass is 16.5. The zero-order chi connectivity index (χ0) is 18.2. The molecule has 0 spiro atoms. The third-order valence-corrected chi connectivity index (χ3v) is 4.62. The maximum Gasteiger partial charge on any atom is 0.194 e. The molecule has 1 saturated heterocycles. The molecule has 2 rings (SSSR count). The van der Waals surface area contributed by atoms with Gasteiger partial charge in [0, 0.05) is 19.6 Å². The van der Waals surface area contributed by atoms with Crippen LogP contribution < -0.4 is 10.1 Å². The van der Waals surface area contributed by atoms with Crippen LogP contribution in [0, 0.1) is 11.8 Å². The van der Waals surface area contributed by atoms with Gasteiger partial charge < -0.3 is 20.1 Å². The molecule has 1 aliphatic rings. The van der Waals surface area contributed by atoms with Crippen LogP contribution in [0.4, 0.5) is 0 Å². The molecule has 0 aromatic heterocycles. The monoisotopic (exact) mass is 347 g/mol. The van der Waals surface area contributed by atoms with Crippen LogP contribution in [0.25, 0.3) is 0 Å². The van der Waals surface area contributed by atoms with E-state index >= 15 is 0 Å². The van der Waals surface area contributed by atoms with E-state index in [2.05, 4.69) is 36.0 Å². The van der Waals surface area contributed by atoms with Crippen LogP contribution in [0.5, 0.6) is 5.75 Å². The standard InChI is InChI=1S/C20H33N3O2/c1-5-21-20(23-10-9-16(14-23)11-15(2)3)22-13-19(24)17-7-6-8-18(12-17)25-4/h6-8,12,15-16,19,24H,5,9-11,13-14H2,1-4H3,(H,21,22). The summed E-state index contributed by atoms with van der Waals surface area (Å²) in [5.74, 6) is 3.14. The van der Waals surface area contributed by atoms with Crippen LogP contribution in [-0.2, 0) is 0 Å². The number of hydrogen-bond donors (Lipinski definition) is 2. The molecule has 1 heterocycles. The summed E-state index contributed by atoms with van der Waals surface area (Å²) < 4.78 is 5.23. The number of guanidine groups is 1. The molecule has 0 bridgehead atoms. The third-order valence-electron chi connectivity index (χ3n) is 4.62. The first-order valence-corrected chi connectivity index (χ1v) is 9.38. The molecular weight excluding hydrogens is 314 g/mol. The lowest BCUT2D eigenvalue weighted by molar-refractivity contribution is 0.186. The second kappa shape index (κ2) is 9.66. The number of ether oxygens (including phenoxy) is 1. The number of nitrogens with one attached hydrogen (secondary N) is 1. The molecular formula is C20H33N3O2. The first-order valence-electron chi connectivity index (χ1n) is 9.38. The Labute approximate surface area is 152 Å². The molecule has 2 unspecified atom stereocenters. The smallest absolute Gasteiger partial charge is 0.194 e. The number of aliphatic imine (C=N–C) groups is 1. The second-order valence-corrected chi connectivity index (χ2v) is 7.22. The number of aliphatic hydroxyl groups is 1. The second-order valence-electron chi connectivity index (χ2n) is 7.22. The molecule has 140 valence electrons. The van der Waals surface area contributed by atoms with Crippen molar-refractivity contribution in [3.8, 4) is 5.75 Å². The van der Waals surface area contributed by atoms with E-state index in [0.29, 0.717) is 6.54 Å². The average Bonchev–Trinajstić information content (AvgIpc) is 3.05. The highest BCUT2D eigenvalue weighted by Crippen LogP contribution is 2.24. The number of rotatable bonds is 7. The van der Waals surface area contributed by atoms with Crippen LogP contribution in [0.1, 0.15) is 45.3 Å². The summed E-state index contributed by atoms with van der Waals surface area (Å²) in [6.07, 6.45) is 1.86. The summed E-state index contributed by atoms with van der Waals surface area (Å²) in [4.78, 5) is 7.01. The van der Waals surface area contributed by atoms with Crippen LogP contribution in [0.2, 0.25) is 0 Å².